The zero-order valence-electron chi connectivity index (χ0n) is 17.4. The Morgan fingerprint density at radius 3 is 2.66 bits per heavy atom. The lowest BCUT2D eigenvalue weighted by Crippen LogP contribution is -2.32. The summed E-state index contributed by atoms with van der Waals surface area (Å²) in [4.78, 5) is 26.4. The van der Waals surface area contributed by atoms with Crippen LogP contribution in [0.1, 0.15) is 24.9 Å². The van der Waals surface area contributed by atoms with Gasteiger partial charge in [-0.3, -0.25) is 9.59 Å². The lowest BCUT2D eigenvalue weighted by molar-refractivity contribution is -0.121. The Hall–Kier alpha value is -3.37. The summed E-state index contributed by atoms with van der Waals surface area (Å²) in [6.45, 7) is 2.78. The molecule has 3 N–H and O–H groups in total. The number of amides is 1. The van der Waals surface area contributed by atoms with E-state index in [0.29, 0.717) is 35.6 Å². The standard InChI is InChI=1S/C22H23N3O6S/c1-14(15-2-6-19-20(13-15)31-11-10-30-19)24-22(27)8-9-23-32(28,29)17-4-5-18-16(12-17)3-7-21(26)25-18/h2-7,12-14,23H,8-11H2,1H3,(H,24,27)(H,25,26). The van der Waals surface area contributed by atoms with E-state index in [4.69, 9.17) is 9.47 Å². The average molecular weight is 458 g/mol. The van der Waals surface area contributed by atoms with Gasteiger partial charge < -0.3 is 19.8 Å². The first-order chi connectivity index (χ1) is 15.3. The van der Waals surface area contributed by atoms with Crippen LogP contribution in [0.3, 0.4) is 0 Å². The van der Waals surface area contributed by atoms with Crippen LogP contribution in [0.2, 0.25) is 0 Å². The zero-order chi connectivity index (χ0) is 22.7. The fourth-order valence-corrected chi connectivity index (χ4v) is 4.47. The lowest BCUT2D eigenvalue weighted by atomic mass is 10.1. The van der Waals surface area contributed by atoms with E-state index >= 15 is 0 Å². The van der Waals surface area contributed by atoms with E-state index in [1.165, 1.54) is 24.3 Å². The molecule has 2 heterocycles. The van der Waals surface area contributed by atoms with Gasteiger partial charge in [0.1, 0.15) is 13.2 Å². The van der Waals surface area contributed by atoms with Crippen LogP contribution in [-0.2, 0) is 14.8 Å². The molecule has 3 aromatic rings. The van der Waals surface area contributed by atoms with Gasteiger partial charge in [0, 0.05) is 24.5 Å². The van der Waals surface area contributed by atoms with E-state index in [1.807, 2.05) is 19.1 Å². The molecule has 1 atom stereocenters. The number of aromatic nitrogens is 1. The molecule has 10 heteroatoms. The number of pyridine rings is 1. The van der Waals surface area contributed by atoms with Gasteiger partial charge in [0.25, 0.3) is 0 Å². The fraction of sp³-hybridized carbons (Fsp3) is 0.273. The Balaban J connectivity index is 1.33. The van der Waals surface area contributed by atoms with Crippen molar-refractivity contribution in [3.63, 3.8) is 0 Å². The number of H-pyrrole nitrogens is 1. The van der Waals surface area contributed by atoms with Crippen LogP contribution in [0.5, 0.6) is 11.5 Å². The first kappa shape index (κ1) is 21.8. The number of hydrogen-bond acceptors (Lipinski definition) is 6. The number of nitrogens with one attached hydrogen (secondary N) is 3. The molecule has 1 amide bonds. The molecule has 2 aromatic carbocycles. The third-order valence-corrected chi connectivity index (χ3v) is 6.55. The molecule has 4 rings (SSSR count). The van der Waals surface area contributed by atoms with Crippen LogP contribution in [0.25, 0.3) is 10.9 Å². The minimum absolute atomic E-state index is 0.0188. The van der Waals surface area contributed by atoms with Crippen LogP contribution >= 0.6 is 0 Å². The van der Waals surface area contributed by atoms with E-state index in [0.717, 1.165) is 5.56 Å². The Labute approximate surface area is 184 Å². The Morgan fingerprint density at radius 1 is 1.06 bits per heavy atom. The molecule has 1 aromatic heterocycles. The van der Waals surface area contributed by atoms with Gasteiger partial charge in [0.15, 0.2) is 11.5 Å². The van der Waals surface area contributed by atoms with Crippen molar-refractivity contribution in [2.75, 3.05) is 19.8 Å². The molecule has 9 nitrogen and oxygen atoms in total. The highest BCUT2D eigenvalue weighted by molar-refractivity contribution is 7.89. The van der Waals surface area contributed by atoms with Crippen molar-refractivity contribution < 1.29 is 22.7 Å². The molecular weight excluding hydrogens is 434 g/mol. The van der Waals surface area contributed by atoms with Crippen molar-refractivity contribution in [2.24, 2.45) is 0 Å². The molecule has 32 heavy (non-hydrogen) atoms. The number of fused-ring (bicyclic) bond motifs is 2. The van der Waals surface area contributed by atoms with E-state index in [2.05, 4.69) is 15.0 Å². The Morgan fingerprint density at radius 2 is 1.84 bits per heavy atom. The molecule has 0 aliphatic carbocycles. The van der Waals surface area contributed by atoms with Crippen molar-refractivity contribution in [3.8, 4) is 11.5 Å². The number of sulfonamides is 1. The third-order valence-electron chi connectivity index (χ3n) is 5.09. The van der Waals surface area contributed by atoms with Gasteiger partial charge in [0.05, 0.1) is 10.9 Å². The van der Waals surface area contributed by atoms with Crippen molar-refractivity contribution >= 4 is 26.8 Å². The van der Waals surface area contributed by atoms with Crippen molar-refractivity contribution in [1.82, 2.24) is 15.0 Å². The largest absolute Gasteiger partial charge is 0.486 e. The molecule has 1 unspecified atom stereocenters. The molecule has 0 radical (unpaired) electrons. The van der Waals surface area contributed by atoms with Gasteiger partial charge in [-0.05, 0) is 54.3 Å². The van der Waals surface area contributed by atoms with Gasteiger partial charge in [-0.1, -0.05) is 6.07 Å². The third kappa shape index (κ3) is 4.92. The molecule has 0 saturated heterocycles. The summed E-state index contributed by atoms with van der Waals surface area (Å²) in [5.74, 6) is 1.03. The highest BCUT2D eigenvalue weighted by Crippen LogP contribution is 2.32. The molecule has 0 spiro atoms. The summed E-state index contributed by atoms with van der Waals surface area (Å²) in [5.41, 5.74) is 1.14. The lowest BCUT2D eigenvalue weighted by Gasteiger charge is -2.21. The Bertz CT molecular complexity index is 1320. The second-order valence-electron chi connectivity index (χ2n) is 7.41. The summed E-state index contributed by atoms with van der Waals surface area (Å²) in [6, 6.07) is 12.5. The first-order valence-corrected chi connectivity index (χ1v) is 11.6. The minimum atomic E-state index is -3.80. The normalized spacial score (nSPS) is 14.2. The summed E-state index contributed by atoms with van der Waals surface area (Å²) >= 11 is 0. The number of carbonyl (C=O) groups excluding carboxylic acids is 1. The quantitative estimate of drug-likeness (QED) is 0.497. The molecule has 0 saturated carbocycles. The molecule has 1 aliphatic heterocycles. The molecule has 0 bridgehead atoms. The van der Waals surface area contributed by atoms with E-state index < -0.39 is 10.0 Å². The number of aromatic amines is 1. The number of benzene rings is 2. The maximum atomic E-state index is 12.6. The summed E-state index contributed by atoms with van der Waals surface area (Å²) < 4.78 is 38.6. The summed E-state index contributed by atoms with van der Waals surface area (Å²) in [6.07, 6.45) is -0.0188. The highest BCUT2D eigenvalue weighted by Gasteiger charge is 2.18. The van der Waals surface area contributed by atoms with Gasteiger partial charge in [-0.25, -0.2) is 13.1 Å². The highest BCUT2D eigenvalue weighted by atomic mass is 32.2. The van der Waals surface area contributed by atoms with Gasteiger partial charge in [-0.2, -0.15) is 0 Å². The topological polar surface area (TPSA) is 127 Å². The minimum Gasteiger partial charge on any atom is -0.486 e. The van der Waals surface area contributed by atoms with Crippen LogP contribution < -0.4 is 25.1 Å². The number of carbonyl (C=O) groups is 1. The maximum absolute atomic E-state index is 12.6. The first-order valence-electron chi connectivity index (χ1n) is 10.1. The molecule has 1 aliphatic rings. The van der Waals surface area contributed by atoms with Gasteiger partial charge in [-0.15, -0.1) is 0 Å². The van der Waals surface area contributed by atoms with Crippen LogP contribution in [0.4, 0.5) is 0 Å². The summed E-state index contributed by atoms with van der Waals surface area (Å²) in [5, 5.41) is 3.45. The predicted octanol–water partition coefficient (Wildman–Crippen LogP) is 1.85. The molecular formula is C22H23N3O6S. The van der Waals surface area contributed by atoms with Crippen molar-refractivity contribution in [1.29, 1.82) is 0 Å². The summed E-state index contributed by atoms with van der Waals surface area (Å²) in [7, 11) is -3.80. The SMILES string of the molecule is CC(NC(=O)CCNS(=O)(=O)c1ccc2[nH]c(=O)ccc2c1)c1ccc2c(c1)OCCO2. The average Bonchev–Trinajstić information content (AvgIpc) is 2.78. The van der Waals surface area contributed by atoms with Gasteiger partial charge in [0.2, 0.25) is 21.5 Å². The second-order valence-corrected chi connectivity index (χ2v) is 9.18. The van der Waals surface area contributed by atoms with Crippen LogP contribution in [-0.4, -0.2) is 39.1 Å². The molecule has 0 fully saturated rings. The zero-order valence-corrected chi connectivity index (χ0v) is 18.2. The van der Waals surface area contributed by atoms with E-state index in [9.17, 15) is 18.0 Å². The van der Waals surface area contributed by atoms with Crippen LogP contribution in [0.15, 0.2) is 58.2 Å². The van der Waals surface area contributed by atoms with Crippen LogP contribution in [0, 0.1) is 0 Å². The molecule has 168 valence electrons. The maximum Gasteiger partial charge on any atom is 0.248 e. The van der Waals surface area contributed by atoms with E-state index in [-0.39, 0.29) is 35.4 Å². The number of hydrogen-bond donors (Lipinski definition) is 3. The van der Waals surface area contributed by atoms with Crippen molar-refractivity contribution in [2.45, 2.75) is 24.3 Å². The fourth-order valence-electron chi connectivity index (χ4n) is 3.41. The monoisotopic (exact) mass is 457 g/mol. The smallest absolute Gasteiger partial charge is 0.248 e. The second kappa shape index (κ2) is 9.01. The number of rotatable bonds is 7. The van der Waals surface area contributed by atoms with Gasteiger partial charge >= 0.3 is 0 Å². The van der Waals surface area contributed by atoms with E-state index in [1.54, 1.807) is 12.1 Å². The number of ether oxygens (including phenoxy) is 2. The Kier molecular flexibility index (Phi) is 6.15. The van der Waals surface area contributed by atoms with Crippen molar-refractivity contribution in [3.05, 3.63) is 64.4 Å². The predicted molar refractivity (Wildman–Crippen MR) is 118 cm³/mol.